The number of halogens is 3. The molecule has 0 aliphatic carbocycles. The number of hydrogen-bond acceptors (Lipinski definition) is 3. The predicted molar refractivity (Wildman–Crippen MR) is 91.0 cm³/mol. The summed E-state index contributed by atoms with van der Waals surface area (Å²) in [6, 6.07) is 4.91. The molecule has 0 bridgehead atoms. The number of benzene rings is 1. The van der Waals surface area contributed by atoms with Crippen LogP contribution in [0.1, 0.15) is 34.5 Å². The SMILES string of the molecule is Cc1c(C(=O)N2CCC(CN)CC2)cnn1-c1cccc(C(F)(F)F)c1. The van der Waals surface area contributed by atoms with Crippen LogP contribution in [0.15, 0.2) is 30.5 Å². The Bertz CT molecular complexity index is 792. The highest BCUT2D eigenvalue weighted by molar-refractivity contribution is 5.95. The minimum Gasteiger partial charge on any atom is -0.339 e. The van der Waals surface area contributed by atoms with Crippen molar-refractivity contribution >= 4 is 5.91 Å². The van der Waals surface area contributed by atoms with Gasteiger partial charge in [-0.15, -0.1) is 0 Å². The molecule has 5 nitrogen and oxygen atoms in total. The van der Waals surface area contributed by atoms with Gasteiger partial charge in [0.1, 0.15) is 0 Å². The number of rotatable bonds is 3. The maximum atomic E-state index is 12.9. The van der Waals surface area contributed by atoms with Crippen molar-refractivity contribution in [3.63, 3.8) is 0 Å². The number of alkyl halides is 3. The predicted octanol–water partition coefficient (Wildman–Crippen LogP) is 3.01. The molecule has 0 unspecified atom stereocenters. The Morgan fingerprint density at radius 3 is 2.62 bits per heavy atom. The summed E-state index contributed by atoms with van der Waals surface area (Å²) in [5.74, 6) is 0.296. The van der Waals surface area contributed by atoms with E-state index in [0.717, 1.165) is 25.0 Å². The molecule has 8 heteroatoms. The fourth-order valence-corrected chi connectivity index (χ4v) is 3.24. The molecule has 1 amide bonds. The highest BCUT2D eigenvalue weighted by atomic mass is 19.4. The highest BCUT2D eigenvalue weighted by Gasteiger charge is 2.31. The van der Waals surface area contributed by atoms with Gasteiger partial charge < -0.3 is 10.6 Å². The van der Waals surface area contributed by atoms with E-state index in [9.17, 15) is 18.0 Å². The average molecular weight is 366 g/mol. The summed E-state index contributed by atoms with van der Waals surface area (Å²) in [6.45, 7) is 3.57. The molecule has 3 rings (SSSR count). The van der Waals surface area contributed by atoms with Crippen molar-refractivity contribution in [1.29, 1.82) is 0 Å². The highest BCUT2D eigenvalue weighted by Crippen LogP contribution is 2.30. The summed E-state index contributed by atoms with van der Waals surface area (Å²) < 4.78 is 40.1. The monoisotopic (exact) mass is 366 g/mol. The molecular formula is C18H21F3N4O. The first-order chi connectivity index (χ1) is 12.3. The molecule has 1 aliphatic heterocycles. The van der Waals surface area contributed by atoms with Gasteiger partial charge in [-0.2, -0.15) is 18.3 Å². The minimum absolute atomic E-state index is 0.142. The van der Waals surface area contributed by atoms with Crippen molar-refractivity contribution in [3.05, 3.63) is 47.3 Å². The van der Waals surface area contributed by atoms with E-state index in [-0.39, 0.29) is 11.6 Å². The number of carbonyl (C=O) groups is 1. The molecule has 1 aromatic carbocycles. The Hall–Kier alpha value is -2.35. The minimum atomic E-state index is -4.43. The van der Waals surface area contributed by atoms with E-state index in [4.69, 9.17) is 5.73 Å². The van der Waals surface area contributed by atoms with Crippen molar-refractivity contribution in [1.82, 2.24) is 14.7 Å². The molecule has 0 atom stereocenters. The van der Waals surface area contributed by atoms with Crippen LogP contribution in [0.25, 0.3) is 5.69 Å². The van der Waals surface area contributed by atoms with Crippen LogP contribution in [0.2, 0.25) is 0 Å². The van der Waals surface area contributed by atoms with Gasteiger partial charge in [-0.1, -0.05) is 6.07 Å². The van der Waals surface area contributed by atoms with Crippen LogP contribution >= 0.6 is 0 Å². The molecular weight excluding hydrogens is 345 g/mol. The van der Waals surface area contributed by atoms with E-state index in [1.165, 1.54) is 23.0 Å². The molecule has 2 heterocycles. The van der Waals surface area contributed by atoms with Crippen molar-refractivity contribution in [2.45, 2.75) is 25.9 Å². The maximum Gasteiger partial charge on any atom is 0.416 e. The van der Waals surface area contributed by atoms with E-state index >= 15 is 0 Å². The van der Waals surface area contributed by atoms with Gasteiger partial charge in [0, 0.05) is 13.1 Å². The van der Waals surface area contributed by atoms with Crippen molar-refractivity contribution in [2.75, 3.05) is 19.6 Å². The lowest BCUT2D eigenvalue weighted by molar-refractivity contribution is -0.137. The van der Waals surface area contributed by atoms with Gasteiger partial charge in [-0.3, -0.25) is 4.79 Å². The Morgan fingerprint density at radius 1 is 1.31 bits per heavy atom. The van der Waals surface area contributed by atoms with E-state index in [2.05, 4.69) is 5.10 Å². The Morgan fingerprint density at radius 2 is 2.00 bits per heavy atom. The number of piperidine rings is 1. The quantitative estimate of drug-likeness (QED) is 0.908. The van der Waals surface area contributed by atoms with Gasteiger partial charge in [0.2, 0.25) is 0 Å². The second kappa shape index (κ2) is 7.11. The molecule has 1 fully saturated rings. The van der Waals surface area contributed by atoms with Crippen LogP contribution in [0.3, 0.4) is 0 Å². The summed E-state index contributed by atoms with van der Waals surface area (Å²) in [4.78, 5) is 14.5. The third-order valence-electron chi connectivity index (χ3n) is 4.89. The van der Waals surface area contributed by atoms with Crippen molar-refractivity contribution in [3.8, 4) is 5.69 Å². The lowest BCUT2D eigenvalue weighted by Gasteiger charge is -2.31. The second-order valence-electron chi connectivity index (χ2n) is 6.57. The van der Waals surface area contributed by atoms with E-state index in [0.29, 0.717) is 36.8 Å². The zero-order valence-electron chi connectivity index (χ0n) is 14.5. The normalized spacial score (nSPS) is 16.1. The molecule has 0 spiro atoms. The summed E-state index contributed by atoms with van der Waals surface area (Å²) in [7, 11) is 0. The molecule has 0 radical (unpaired) electrons. The molecule has 1 aromatic heterocycles. The number of carbonyl (C=O) groups excluding carboxylic acids is 1. The van der Waals surface area contributed by atoms with Gasteiger partial charge in [-0.25, -0.2) is 4.68 Å². The third-order valence-corrected chi connectivity index (χ3v) is 4.89. The van der Waals surface area contributed by atoms with Crippen LogP contribution in [0.5, 0.6) is 0 Å². The lowest BCUT2D eigenvalue weighted by atomic mass is 9.96. The summed E-state index contributed by atoms with van der Waals surface area (Å²) in [6.07, 6.45) is -1.28. The summed E-state index contributed by atoms with van der Waals surface area (Å²) in [5.41, 5.74) is 6.14. The van der Waals surface area contributed by atoms with Crippen LogP contribution in [-0.4, -0.2) is 40.2 Å². The molecule has 1 aliphatic rings. The Balaban J connectivity index is 1.83. The van der Waals surface area contributed by atoms with E-state index in [1.807, 2.05) is 0 Å². The first-order valence-corrected chi connectivity index (χ1v) is 8.53. The standard InChI is InChI=1S/C18H21F3N4O/c1-12-16(17(26)24-7-5-13(10-22)6-8-24)11-23-25(12)15-4-2-3-14(9-15)18(19,20)21/h2-4,9,11,13H,5-8,10,22H2,1H3. The van der Waals surface area contributed by atoms with Crippen LogP contribution in [0, 0.1) is 12.8 Å². The van der Waals surface area contributed by atoms with Gasteiger partial charge in [0.05, 0.1) is 28.7 Å². The smallest absolute Gasteiger partial charge is 0.339 e. The van der Waals surface area contributed by atoms with E-state index in [1.54, 1.807) is 11.8 Å². The summed E-state index contributed by atoms with van der Waals surface area (Å²) >= 11 is 0. The summed E-state index contributed by atoms with van der Waals surface area (Å²) in [5, 5.41) is 4.14. The molecule has 0 saturated carbocycles. The largest absolute Gasteiger partial charge is 0.416 e. The Labute approximate surface area is 149 Å². The Kier molecular flexibility index (Phi) is 5.04. The van der Waals surface area contributed by atoms with Crippen LogP contribution < -0.4 is 5.73 Å². The number of likely N-dealkylation sites (tertiary alicyclic amines) is 1. The lowest BCUT2D eigenvalue weighted by Crippen LogP contribution is -2.40. The first kappa shape index (κ1) is 18.4. The zero-order chi connectivity index (χ0) is 18.9. The zero-order valence-corrected chi connectivity index (χ0v) is 14.5. The molecule has 1 saturated heterocycles. The topological polar surface area (TPSA) is 64.2 Å². The van der Waals surface area contributed by atoms with Crippen molar-refractivity contribution < 1.29 is 18.0 Å². The van der Waals surface area contributed by atoms with Gasteiger partial charge in [0.15, 0.2) is 0 Å². The fourth-order valence-electron chi connectivity index (χ4n) is 3.24. The first-order valence-electron chi connectivity index (χ1n) is 8.53. The molecule has 140 valence electrons. The van der Waals surface area contributed by atoms with Gasteiger partial charge >= 0.3 is 6.18 Å². The molecule has 2 N–H and O–H groups in total. The van der Waals surface area contributed by atoms with E-state index < -0.39 is 11.7 Å². The number of aromatic nitrogens is 2. The van der Waals surface area contributed by atoms with Crippen LogP contribution in [0.4, 0.5) is 13.2 Å². The second-order valence-corrected chi connectivity index (χ2v) is 6.57. The number of nitrogens with two attached hydrogens (primary N) is 1. The van der Waals surface area contributed by atoms with Crippen molar-refractivity contribution in [2.24, 2.45) is 11.7 Å². The molecule has 26 heavy (non-hydrogen) atoms. The van der Waals surface area contributed by atoms with Crippen LogP contribution in [-0.2, 0) is 6.18 Å². The van der Waals surface area contributed by atoms with Gasteiger partial charge in [-0.05, 0) is 50.4 Å². The third kappa shape index (κ3) is 3.60. The number of hydrogen-bond donors (Lipinski definition) is 1. The average Bonchev–Trinajstić information content (AvgIpc) is 3.02. The maximum absolute atomic E-state index is 12.9. The van der Waals surface area contributed by atoms with Gasteiger partial charge in [0.25, 0.3) is 5.91 Å². The molecule has 2 aromatic rings. The fraction of sp³-hybridized carbons (Fsp3) is 0.444. The number of amides is 1. The number of nitrogens with zero attached hydrogens (tertiary/aromatic N) is 3.